The summed E-state index contributed by atoms with van der Waals surface area (Å²) in [6.07, 6.45) is 4.41. The maximum atomic E-state index is 12.2. The SMILES string of the molecule is CC1(CNS(=O)(=O)c2cnn(CCO)c2)CCOCC1. The van der Waals surface area contributed by atoms with Crippen molar-refractivity contribution in [3.63, 3.8) is 0 Å². The van der Waals surface area contributed by atoms with Crippen LogP contribution in [0.15, 0.2) is 17.3 Å². The molecule has 1 aliphatic heterocycles. The van der Waals surface area contributed by atoms with Crippen LogP contribution >= 0.6 is 0 Å². The number of sulfonamides is 1. The van der Waals surface area contributed by atoms with Crippen molar-refractivity contribution >= 4 is 10.0 Å². The van der Waals surface area contributed by atoms with Crippen molar-refractivity contribution in [1.82, 2.24) is 14.5 Å². The highest BCUT2D eigenvalue weighted by Crippen LogP contribution is 2.29. The Morgan fingerprint density at radius 3 is 2.85 bits per heavy atom. The lowest BCUT2D eigenvalue weighted by atomic mass is 9.83. The third kappa shape index (κ3) is 3.78. The van der Waals surface area contributed by atoms with E-state index in [0.717, 1.165) is 12.8 Å². The van der Waals surface area contributed by atoms with E-state index in [1.807, 2.05) is 0 Å². The van der Waals surface area contributed by atoms with Gasteiger partial charge in [-0.3, -0.25) is 4.68 Å². The molecule has 1 aromatic rings. The molecule has 0 bridgehead atoms. The summed E-state index contributed by atoms with van der Waals surface area (Å²) in [6.45, 7) is 4.01. The molecule has 0 aliphatic carbocycles. The molecule has 2 rings (SSSR count). The Kier molecular flexibility index (Phi) is 4.79. The average molecular weight is 303 g/mol. The van der Waals surface area contributed by atoms with Crippen LogP contribution in [0.4, 0.5) is 0 Å². The average Bonchev–Trinajstić information content (AvgIpc) is 2.88. The zero-order valence-electron chi connectivity index (χ0n) is 11.6. The second-order valence-corrected chi connectivity index (χ2v) is 7.18. The number of nitrogens with one attached hydrogen (secondary N) is 1. The number of aromatic nitrogens is 2. The summed E-state index contributed by atoms with van der Waals surface area (Å²) in [5.74, 6) is 0. The van der Waals surface area contributed by atoms with Crippen molar-refractivity contribution in [3.8, 4) is 0 Å². The van der Waals surface area contributed by atoms with Crippen LogP contribution < -0.4 is 4.72 Å². The van der Waals surface area contributed by atoms with Crippen molar-refractivity contribution in [2.24, 2.45) is 5.41 Å². The van der Waals surface area contributed by atoms with Gasteiger partial charge in [0.2, 0.25) is 10.0 Å². The summed E-state index contributed by atoms with van der Waals surface area (Å²) >= 11 is 0. The Morgan fingerprint density at radius 1 is 1.50 bits per heavy atom. The van der Waals surface area contributed by atoms with Gasteiger partial charge in [-0.25, -0.2) is 13.1 Å². The fourth-order valence-corrected chi connectivity index (χ4v) is 3.25. The number of aliphatic hydroxyl groups excluding tert-OH is 1. The van der Waals surface area contributed by atoms with Gasteiger partial charge in [-0.2, -0.15) is 5.10 Å². The van der Waals surface area contributed by atoms with Gasteiger partial charge in [0.15, 0.2) is 0 Å². The van der Waals surface area contributed by atoms with Crippen LogP contribution in [0, 0.1) is 5.41 Å². The number of ether oxygens (including phenoxy) is 1. The Bertz CT molecular complexity index is 535. The number of hydrogen-bond acceptors (Lipinski definition) is 5. The van der Waals surface area contributed by atoms with E-state index in [1.165, 1.54) is 17.1 Å². The minimum atomic E-state index is -3.55. The van der Waals surface area contributed by atoms with Crippen LogP contribution in [0.25, 0.3) is 0 Å². The fraction of sp³-hybridized carbons (Fsp3) is 0.750. The monoisotopic (exact) mass is 303 g/mol. The number of nitrogens with zero attached hydrogens (tertiary/aromatic N) is 2. The first-order valence-electron chi connectivity index (χ1n) is 6.66. The fourth-order valence-electron chi connectivity index (χ4n) is 2.10. The first-order valence-corrected chi connectivity index (χ1v) is 8.14. The maximum absolute atomic E-state index is 12.2. The van der Waals surface area contributed by atoms with Gasteiger partial charge in [-0.15, -0.1) is 0 Å². The standard InChI is InChI=1S/C12H21N3O4S/c1-12(2-6-19-7-3-12)10-14-20(17,18)11-8-13-15(9-11)4-5-16/h8-9,14,16H,2-7,10H2,1H3. The summed E-state index contributed by atoms with van der Waals surface area (Å²) < 4.78 is 33.7. The molecule has 1 fully saturated rings. The smallest absolute Gasteiger partial charge is 0.243 e. The molecule has 0 unspecified atom stereocenters. The maximum Gasteiger partial charge on any atom is 0.243 e. The molecule has 1 aliphatic rings. The van der Waals surface area contributed by atoms with Gasteiger partial charge < -0.3 is 9.84 Å². The lowest BCUT2D eigenvalue weighted by Gasteiger charge is -2.33. The molecule has 0 saturated carbocycles. The zero-order chi connectivity index (χ0) is 14.6. The lowest BCUT2D eigenvalue weighted by molar-refractivity contribution is 0.0265. The van der Waals surface area contributed by atoms with E-state index in [4.69, 9.17) is 9.84 Å². The molecule has 1 aromatic heterocycles. The van der Waals surface area contributed by atoms with Crippen molar-refractivity contribution in [2.75, 3.05) is 26.4 Å². The van der Waals surface area contributed by atoms with E-state index in [0.29, 0.717) is 19.8 Å². The predicted molar refractivity (Wildman–Crippen MR) is 72.7 cm³/mol. The molecule has 2 heterocycles. The molecule has 0 spiro atoms. The normalized spacial score (nSPS) is 19.1. The van der Waals surface area contributed by atoms with Gasteiger partial charge in [0, 0.05) is 26.0 Å². The van der Waals surface area contributed by atoms with E-state index in [9.17, 15) is 8.42 Å². The molecule has 20 heavy (non-hydrogen) atoms. The zero-order valence-corrected chi connectivity index (χ0v) is 12.4. The van der Waals surface area contributed by atoms with E-state index in [-0.39, 0.29) is 23.5 Å². The predicted octanol–water partition coefficient (Wildman–Crippen LogP) is -0.0296. The lowest BCUT2D eigenvalue weighted by Crippen LogP contribution is -2.39. The van der Waals surface area contributed by atoms with Crippen LogP contribution in [-0.2, 0) is 21.3 Å². The quantitative estimate of drug-likeness (QED) is 0.770. The van der Waals surface area contributed by atoms with Crippen molar-refractivity contribution < 1.29 is 18.3 Å². The summed E-state index contributed by atoms with van der Waals surface area (Å²) in [7, 11) is -3.55. The van der Waals surface area contributed by atoms with Gasteiger partial charge >= 0.3 is 0 Å². The summed E-state index contributed by atoms with van der Waals surface area (Å²) in [5.41, 5.74) is -0.0631. The second-order valence-electron chi connectivity index (χ2n) is 5.41. The highest BCUT2D eigenvalue weighted by Gasteiger charge is 2.29. The first kappa shape index (κ1) is 15.4. The van der Waals surface area contributed by atoms with Crippen LogP contribution in [0.5, 0.6) is 0 Å². The topological polar surface area (TPSA) is 93.5 Å². The van der Waals surface area contributed by atoms with Gasteiger partial charge in [0.1, 0.15) is 4.90 Å². The summed E-state index contributed by atoms with van der Waals surface area (Å²) in [6, 6.07) is 0. The highest BCUT2D eigenvalue weighted by atomic mass is 32.2. The highest BCUT2D eigenvalue weighted by molar-refractivity contribution is 7.89. The molecule has 0 aromatic carbocycles. The molecular weight excluding hydrogens is 282 g/mol. The van der Waals surface area contributed by atoms with Crippen molar-refractivity contribution in [3.05, 3.63) is 12.4 Å². The minimum Gasteiger partial charge on any atom is -0.394 e. The molecule has 1 saturated heterocycles. The third-order valence-electron chi connectivity index (χ3n) is 3.64. The van der Waals surface area contributed by atoms with Gasteiger partial charge in [0.25, 0.3) is 0 Å². The Hall–Kier alpha value is -0.960. The molecular formula is C12H21N3O4S. The van der Waals surface area contributed by atoms with E-state index >= 15 is 0 Å². The van der Waals surface area contributed by atoms with Crippen molar-refractivity contribution in [2.45, 2.75) is 31.2 Å². The summed E-state index contributed by atoms with van der Waals surface area (Å²) in [4.78, 5) is 0.126. The van der Waals surface area contributed by atoms with Crippen LogP contribution in [0.2, 0.25) is 0 Å². The van der Waals surface area contributed by atoms with Gasteiger partial charge in [-0.05, 0) is 18.3 Å². The largest absolute Gasteiger partial charge is 0.394 e. The molecule has 2 N–H and O–H groups in total. The summed E-state index contributed by atoms with van der Waals surface area (Å²) in [5, 5.41) is 12.7. The first-order chi connectivity index (χ1) is 9.45. The van der Waals surface area contributed by atoms with E-state index in [2.05, 4.69) is 16.7 Å². The molecule has 0 amide bonds. The molecule has 114 valence electrons. The van der Waals surface area contributed by atoms with Crippen LogP contribution in [-0.4, -0.2) is 49.7 Å². The number of rotatable bonds is 6. The third-order valence-corrected chi connectivity index (χ3v) is 4.99. The molecule has 8 heteroatoms. The molecule has 0 atom stereocenters. The van der Waals surface area contributed by atoms with E-state index in [1.54, 1.807) is 0 Å². The Labute approximate surface area is 119 Å². The Morgan fingerprint density at radius 2 is 2.20 bits per heavy atom. The number of aliphatic hydroxyl groups is 1. The van der Waals surface area contributed by atoms with E-state index < -0.39 is 10.0 Å². The van der Waals surface area contributed by atoms with Gasteiger partial charge in [0.05, 0.1) is 19.3 Å². The molecule has 7 nitrogen and oxygen atoms in total. The Balaban J connectivity index is 1.99. The van der Waals surface area contributed by atoms with Crippen molar-refractivity contribution in [1.29, 1.82) is 0 Å². The van der Waals surface area contributed by atoms with Gasteiger partial charge in [-0.1, -0.05) is 6.92 Å². The van der Waals surface area contributed by atoms with Crippen LogP contribution in [0.3, 0.4) is 0 Å². The van der Waals surface area contributed by atoms with Crippen LogP contribution in [0.1, 0.15) is 19.8 Å². The molecule has 0 radical (unpaired) electrons. The number of hydrogen-bond donors (Lipinski definition) is 2. The minimum absolute atomic E-state index is 0.0631. The second kappa shape index (κ2) is 6.21.